The van der Waals surface area contributed by atoms with Crippen molar-refractivity contribution in [2.75, 3.05) is 12.4 Å². The molecule has 0 bridgehead atoms. The van der Waals surface area contributed by atoms with E-state index in [0.29, 0.717) is 11.5 Å². The van der Waals surface area contributed by atoms with Crippen LogP contribution in [0.5, 0.6) is 11.5 Å². The number of sulfonamides is 1. The first kappa shape index (κ1) is 17.8. The van der Waals surface area contributed by atoms with Crippen LogP contribution in [0.25, 0.3) is 0 Å². The summed E-state index contributed by atoms with van der Waals surface area (Å²) in [5.41, 5.74) is 0.192. The van der Waals surface area contributed by atoms with E-state index in [-0.39, 0.29) is 10.6 Å². The second-order valence-electron chi connectivity index (χ2n) is 4.97. The minimum absolute atomic E-state index is 0.129. The molecule has 0 saturated heterocycles. The summed E-state index contributed by atoms with van der Waals surface area (Å²) in [7, 11) is -2.48. The monoisotopic (exact) mass is 350 g/mol. The second-order valence-corrected chi connectivity index (χ2v) is 6.53. The summed E-state index contributed by atoms with van der Waals surface area (Å²) in [6, 6.07) is 12.8. The number of nitrogens with two attached hydrogens (primary N) is 1. The summed E-state index contributed by atoms with van der Waals surface area (Å²) >= 11 is 0. The Labute approximate surface area is 140 Å². The quantitative estimate of drug-likeness (QED) is 0.825. The maximum absolute atomic E-state index is 12.3. The molecule has 2 aromatic rings. The van der Waals surface area contributed by atoms with Crippen LogP contribution < -0.4 is 19.9 Å². The number of methoxy groups -OCH3 is 1. The molecular weight excluding hydrogens is 332 g/mol. The number of ether oxygens (including phenoxy) is 2. The summed E-state index contributed by atoms with van der Waals surface area (Å²) in [4.78, 5) is 12.1. The van der Waals surface area contributed by atoms with Gasteiger partial charge >= 0.3 is 0 Å². The van der Waals surface area contributed by atoms with Gasteiger partial charge in [-0.25, -0.2) is 13.6 Å². The van der Waals surface area contributed by atoms with Gasteiger partial charge in [0, 0.05) is 0 Å². The molecule has 2 aromatic carbocycles. The third kappa shape index (κ3) is 4.46. The molecule has 0 spiro atoms. The zero-order valence-electron chi connectivity index (χ0n) is 13.2. The van der Waals surface area contributed by atoms with Gasteiger partial charge in [-0.1, -0.05) is 18.2 Å². The first-order chi connectivity index (χ1) is 11.3. The van der Waals surface area contributed by atoms with Crippen molar-refractivity contribution >= 4 is 21.6 Å². The van der Waals surface area contributed by atoms with Crippen LogP contribution >= 0.6 is 0 Å². The van der Waals surface area contributed by atoms with Crippen molar-refractivity contribution < 1.29 is 22.7 Å². The third-order valence-electron chi connectivity index (χ3n) is 3.18. The van der Waals surface area contributed by atoms with E-state index in [1.165, 1.54) is 25.3 Å². The SMILES string of the molecule is COc1ccc(S(N)(=O)=O)cc1NC(=O)C(C)Oc1ccccc1. The Morgan fingerprint density at radius 2 is 1.83 bits per heavy atom. The molecule has 8 heteroatoms. The van der Waals surface area contributed by atoms with Crippen molar-refractivity contribution in [2.45, 2.75) is 17.9 Å². The number of benzene rings is 2. The fourth-order valence-corrected chi connectivity index (χ4v) is 2.49. The van der Waals surface area contributed by atoms with E-state index in [9.17, 15) is 13.2 Å². The Balaban J connectivity index is 2.18. The van der Waals surface area contributed by atoms with E-state index >= 15 is 0 Å². The molecule has 0 aliphatic carbocycles. The predicted octanol–water partition coefficient (Wildman–Crippen LogP) is 1.75. The van der Waals surface area contributed by atoms with Gasteiger partial charge in [0.2, 0.25) is 10.0 Å². The van der Waals surface area contributed by atoms with Crippen LogP contribution in [-0.4, -0.2) is 27.5 Å². The molecule has 1 unspecified atom stereocenters. The highest BCUT2D eigenvalue weighted by molar-refractivity contribution is 7.89. The first-order valence-corrected chi connectivity index (χ1v) is 8.59. The molecule has 128 valence electrons. The summed E-state index contributed by atoms with van der Waals surface area (Å²) in [6.45, 7) is 1.58. The molecule has 0 radical (unpaired) electrons. The normalized spacial score (nSPS) is 12.3. The summed E-state index contributed by atoms with van der Waals surface area (Å²) in [5, 5.41) is 7.69. The van der Waals surface area contributed by atoms with Crippen LogP contribution in [0.1, 0.15) is 6.92 Å². The molecule has 0 saturated carbocycles. The number of primary sulfonamides is 1. The fourth-order valence-electron chi connectivity index (χ4n) is 1.95. The van der Waals surface area contributed by atoms with Gasteiger partial charge in [-0.15, -0.1) is 0 Å². The van der Waals surface area contributed by atoms with E-state index < -0.39 is 22.0 Å². The molecule has 7 nitrogen and oxygen atoms in total. The van der Waals surface area contributed by atoms with Crippen LogP contribution in [0.15, 0.2) is 53.4 Å². The van der Waals surface area contributed by atoms with E-state index in [4.69, 9.17) is 14.6 Å². The summed E-state index contributed by atoms with van der Waals surface area (Å²) in [6.07, 6.45) is -0.796. The lowest BCUT2D eigenvalue weighted by molar-refractivity contribution is -0.122. The maximum atomic E-state index is 12.3. The Bertz CT molecular complexity index is 822. The fraction of sp³-hybridized carbons (Fsp3) is 0.188. The standard InChI is InChI=1S/C16H18N2O5S/c1-11(23-12-6-4-3-5-7-12)16(19)18-14-10-13(24(17,20)21)8-9-15(14)22-2/h3-11H,1-2H3,(H,18,19)(H2,17,20,21). The lowest BCUT2D eigenvalue weighted by Gasteiger charge is -2.16. The lowest BCUT2D eigenvalue weighted by Crippen LogP contribution is -2.30. The predicted molar refractivity (Wildman–Crippen MR) is 89.5 cm³/mol. The van der Waals surface area contributed by atoms with Crippen molar-refractivity contribution in [3.63, 3.8) is 0 Å². The molecule has 0 aromatic heterocycles. The highest BCUT2D eigenvalue weighted by Gasteiger charge is 2.18. The van der Waals surface area contributed by atoms with Crippen LogP contribution in [0, 0.1) is 0 Å². The number of carbonyl (C=O) groups is 1. The van der Waals surface area contributed by atoms with Gasteiger partial charge in [-0.2, -0.15) is 0 Å². The third-order valence-corrected chi connectivity index (χ3v) is 4.09. The number of para-hydroxylation sites is 1. The van der Waals surface area contributed by atoms with Crippen LogP contribution in [0.4, 0.5) is 5.69 Å². The van der Waals surface area contributed by atoms with Crippen LogP contribution in [0.2, 0.25) is 0 Å². The molecule has 0 heterocycles. The van der Waals surface area contributed by atoms with Gasteiger partial charge in [0.1, 0.15) is 11.5 Å². The zero-order chi connectivity index (χ0) is 17.7. The molecule has 1 amide bonds. The van der Waals surface area contributed by atoms with Crippen molar-refractivity contribution in [2.24, 2.45) is 5.14 Å². The Morgan fingerprint density at radius 1 is 1.17 bits per heavy atom. The summed E-state index contributed by atoms with van der Waals surface area (Å²) in [5.74, 6) is 0.400. The van der Waals surface area contributed by atoms with Crippen LogP contribution in [-0.2, 0) is 14.8 Å². The molecule has 3 N–H and O–H groups in total. The Kier molecular flexibility index (Phi) is 5.42. The average molecular weight is 350 g/mol. The average Bonchev–Trinajstić information content (AvgIpc) is 2.54. The largest absolute Gasteiger partial charge is 0.495 e. The lowest BCUT2D eigenvalue weighted by atomic mass is 10.2. The highest BCUT2D eigenvalue weighted by atomic mass is 32.2. The number of amides is 1. The van der Waals surface area contributed by atoms with Crippen molar-refractivity contribution in [3.8, 4) is 11.5 Å². The number of carbonyl (C=O) groups excluding carboxylic acids is 1. The number of anilines is 1. The maximum Gasteiger partial charge on any atom is 0.265 e. The smallest absolute Gasteiger partial charge is 0.265 e. The van der Waals surface area contributed by atoms with E-state index in [1.807, 2.05) is 6.07 Å². The van der Waals surface area contributed by atoms with Crippen LogP contribution in [0.3, 0.4) is 0 Å². The minimum atomic E-state index is -3.89. The topological polar surface area (TPSA) is 108 Å². The molecule has 0 aliphatic rings. The van der Waals surface area contributed by atoms with Crippen molar-refractivity contribution in [1.82, 2.24) is 0 Å². The highest BCUT2D eigenvalue weighted by Crippen LogP contribution is 2.27. The van der Waals surface area contributed by atoms with Crippen molar-refractivity contribution in [3.05, 3.63) is 48.5 Å². The van der Waals surface area contributed by atoms with Gasteiger partial charge in [0.15, 0.2) is 6.10 Å². The molecule has 1 atom stereocenters. The molecular formula is C16H18N2O5S. The first-order valence-electron chi connectivity index (χ1n) is 7.04. The molecule has 0 aliphatic heterocycles. The van der Waals surface area contributed by atoms with Gasteiger partial charge in [0.25, 0.3) is 5.91 Å². The van der Waals surface area contributed by atoms with Gasteiger partial charge in [0.05, 0.1) is 17.7 Å². The van der Waals surface area contributed by atoms with E-state index in [1.54, 1.807) is 31.2 Å². The molecule has 2 rings (SSSR count). The Morgan fingerprint density at radius 3 is 2.42 bits per heavy atom. The number of rotatable bonds is 6. The minimum Gasteiger partial charge on any atom is -0.495 e. The van der Waals surface area contributed by atoms with E-state index in [0.717, 1.165) is 0 Å². The molecule has 24 heavy (non-hydrogen) atoms. The van der Waals surface area contributed by atoms with Crippen molar-refractivity contribution in [1.29, 1.82) is 0 Å². The second kappa shape index (κ2) is 7.33. The van der Waals surface area contributed by atoms with Gasteiger partial charge in [-0.3, -0.25) is 4.79 Å². The van der Waals surface area contributed by atoms with Gasteiger partial charge < -0.3 is 14.8 Å². The molecule has 0 fully saturated rings. The number of hydrogen-bond acceptors (Lipinski definition) is 5. The number of hydrogen-bond donors (Lipinski definition) is 2. The summed E-state index contributed by atoms with van der Waals surface area (Å²) < 4.78 is 33.5. The number of nitrogens with one attached hydrogen (secondary N) is 1. The Hall–Kier alpha value is -2.58. The zero-order valence-corrected chi connectivity index (χ0v) is 14.0. The van der Waals surface area contributed by atoms with E-state index in [2.05, 4.69) is 5.32 Å². The van der Waals surface area contributed by atoms with Gasteiger partial charge in [-0.05, 0) is 37.3 Å².